The van der Waals surface area contributed by atoms with Gasteiger partial charge in [-0.2, -0.15) is 4.31 Å². The zero-order chi connectivity index (χ0) is 14.8. The molecule has 0 saturated carbocycles. The highest BCUT2D eigenvalue weighted by molar-refractivity contribution is 7.89. The predicted molar refractivity (Wildman–Crippen MR) is 79.5 cm³/mol. The van der Waals surface area contributed by atoms with Crippen LogP contribution >= 0.6 is 0 Å². The molecule has 20 heavy (non-hydrogen) atoms. The Morgan fingerprint density at radius 3 is 2.75 bits per heavy atom. The van der Waals surface area contributed by atoms with Gasteiger partial charge in [0.15, 0.2) is 0 Å². The molecular weight excluding hydrogens is 272 g/mol. The SMILES string of the molecule is CC1(C)CCN(S(=O)(=O)c2cccc(C#CCN)c2)C1. The van der Waals surface area contributed by atoms with Crippen LogP contribution in [0.3, 0.4) is 0 Å². The van der Waals surface area contributed by atoms with Gasteiger partial charge in [-0.15, -0.1) is 0 Å². The summed E-state index contributed by atoms with van der Waals surface area (Å²) >= 11 is 0. The highest BCUT2D eigenvalue weighted by Gasteiger charge is 2.36. The van der Waals surface area contributed by atoms with E-state index in [1.807, 2.05) is 0 Å². The normalized spacial score (nSPS) is 18.6. The molecule has 1 aliphatic heterocycles. The first kappa shape index (κ1) is 15.0. The molecule has 0 radical (unpaired) electrons. The summed E-state index contributed by atoms with van der Waals surface area (Å²) in [6.45, 7) is 5.58. The minimum atomic E-state index is -3.42. The highest BCUT2D eigenvalue weighted by Crippen LogP contribution is 2.32. The molecule has 108 valence electrons. The molecule has 5 heteroatoms. The lowest BCUT2D eigenvalue weighted by atomic mass is 9.93. The molecule has 0 atom stereocenters. The summed E-state index contributed by atoms with van der Waals surface area (Å²) in [5, 5.41) is 0. The smallest absolute Gasteiger partial charge is 0.243 e. The molecule has 0 aromatic heterocycles. The Bertz CT molecular complexity index is 654. The van der Waals surface area contributed by atoms with Crippen LogP contribution < -0.4 is 5.73 Å². The van der Waals surface area contributed by atoms with Gasteiger partial charge in [0.1, 0.15) is 0 Å². The van der Waals surface area contributed by atoms with Crippen LogP contribution in [0.4, 0.5) is 0 Å². The molecule has 1 aliphatic rings. The van der Waals surface area contributed by atoms with E-state index < -0.39 is 10.0 Å². The topological polar surface area (TPSA) is 63.4 Å². The van der Waals surface area contributed by atoms with E-state index in [1.54, 1.807) is 28.6 Å². The van der Waals surface area contributed by atoms with E-state index in [0.29, 0.717) is 23.5 Å². The fraction of sp³-hybridized carbons (Fsp3) is 0.467. The first-order chi connectivity index (χ1) is 9.35. The van der Waals surface area contributed by atoms with Gasteiger partial charge in [-0.05, 0) is 30.0 Å². The van der Waals surface area contributed by atoms with Gasteiger partial charge in [0, 0.05) is 18.7 Å². The number of hydrogen-bond acceptors (Lipinski definition) is 3. The van der Waals surface area contributed by atoms with E-state index in [-0.39, 0.29) is 12.0 Å². The number of benzene rings is 1. The summed E-state index contributed by atoms with van der Waals surface area (Å²) in [6, 6.07) is 6.74. The largest absolute Gasteiger partial charge is 0.320 e. The summed E-state index contributed by atoms with van der Waals surface area (Å²) in [7, 11) is -3.42. The van der Waals surface area contributed by atoms with E-state index >= 15 is 0 Å². The molecule has 2 rings (SSSR count). The monoisotopic (exact) mass is 292 g/mol. The Morgan fingerprint density at radius 2 is 2.15 bits per heavy atom. The number of nitrogens with two attached hydrogens (primary N) is 1. The summed E-state index contributed by atoms with van der Waals surface area (Å²) in [4.78, 5) is 0.305. The second-order valence-corrected chi connectivity index (χ2v) is 7.72. The Kier molecular flexibility index (Phi) is 4.19. The zero-order valence-electron chi connectivity index (χ0n) is 11.9. The number of rotatable bonds is 2. The second kappa shape index (κ2) is 5.57. The maximum absolute atomic E-state index is 12.6. The molecule has 1 fully saturated rings. The lowest BCUT2D eigenvalue weighted by Gasteiger charge is -2.19. The fourth-order valence-electron chi connectivity index (χ4n) is 2.30. The van der Waals surface area contributed by atoms with Gasteiger partial charge in [0.05, 0.1) is 11.4 Å². The van der Waals surface area contributed by atoms with Crippen molar-refractivity contribution >= 4 is 10.0 Å². The van der Waals surface area contributed by atoms with Gasteiger partial charge < -0.3 is 5.73 Å². The van der Waals surface area contributed by atoms with Crippen LogP contribution in [0.2, 0.25) is 0 Å². The lowest BCUT2D eigenvalue weighted by molar-refractivity contribution is 0.375. The van der Waals surface area contributed by atoms with Crippen molar-refractivity contribution in [3.63, 3.8) is 0 Å². The van der Waals surface area contributed by atoms with Crippen LogP contribution in [0.15, 0.2) is 29.2 Å². The number of sulfonamides is 1. The summed E-state index contributed by atoms with van der Waals surface area (Å²) in [5.74, 6) is 5.60. The van der Waals surface area contributed by atoms with Crippen molar-refractivity contribution in [1.29, 1.82) is 0 Å². The van der Waals surface area contributed by atoms with Crippen LogP contribution in [0.1, 0.15) is 25.8 Å². The van der Waals surface area contributed by atoms with Crippen molar-refractivity contribution in [2.75, 3.05) is 19.6 Å². The van der Waals surface area contributed by atoms with Crippen molar-refractivity contribution in [3.05, 3.63) is 29.8 Å². The quantitative estimate of drug-likeness (QED) is 0.839. The molecule has 1 heterocycles. The zero-order valence-corrected chi connectivity index (χ0v) is 12.7. The first-order valence-electron chi connectivity index (χ1n) is 6.64. The van der Waals surface area contributed by atoms with E-state index in [0.717, 1.165) is 6.42 Å². The van der Waals surface area contributed by atoms with Gasteiger partial charge in [0.2, 0.25) is 10.0 Å². The minimum absolute atomic E-state index is 0.0457. The predicted octanol–water partition coefficient (Wildman–Crippen LogP) is 1.42. The Morgan fingerprint density at radius 1 is 1.40 bits per heavy atom. The van der Waals surface area contributed by atoms with Gasteiger partial charge in [-0.3, -0.25) is 0 Å². The standard InChI is InChI=1S/C15H20N2O2S/c1-15(2)8-10-17(12-15)20(18,19)14-7-3-5-13(11-14)6-4-9-16/h3,5,7,11H,8-10,12,16H2,1-2H3. The lowest BCUT2D eigenvalue weighted by Crippen LogP contribution is -2.30. The van der Waals surface area contributed by atoms with Gasteiger partial charge >= 0.3 is 0 Å². The maximum Gasteiger partial charge on any atom is 0.243 e. The molecule has 4 nitrogen and oxygen atoms in total. The maximum atomic E-state index is 12.6. The van der Waals surface area contributed by atoms with E-state index in [1.165, 1.54) is 0 Å². The van der Waals surface area contributed by atoms with E-state index in [9.17, 15) is 8.42 Å². The third-order valence-corrected chi connectivity index (χ3v) is 5.29. The van der Waals surface area contributed by atoms with Crippen LogP contribution in [0.25, 0.3) is 0 Å². The van der Waals surface area contributed by atoms with Gasteiger partial charge in [-0.25, -0.2) is 8.42 Å². The molecule has 0 amide bonds. The summed E-state index contributed by atoms with van der Waals surface area (Å²) in [5.41, 5.74) is 6.05. The molecule has 2 N–H and O–H groups in total. The van der Waals surface area contributed by atoms with Crippen molar-refractivity contribution in [1.82, 2.24) is 4.31 Å². The average molecular weight is 292 g/mol. The summed E-state index contributed by atoms with van der Waals surface area (Å²) < 4.78 is 26.8. The number of hydrogen-bond donors (Lipinski definition) is 1. The molecule has 0 unspecified atom stereocenters. The molecule has 1 aromatic rings. The fourth-order valence-corrected chi connectivity index (χ4v) is 3.98. The van der Waals surface area contributed by atoms with Gasteiger partial charge in [0.25, 0.3) is 0 Å². The highest BCUT2D eigenvalue weighted by atomic mass is 32.2. The molecule has 0 spiro atoms. The Hall–Kier alpha value is -1.35. The van der Waals surface area contributed by atoms with Crippen molar-refractivity contribution < 1.29 is 8.42 Å². The van der Waals surface area contributed by atoms with Crippen LogP contribution in [-0.2, 0) is 10.0 Å². The average Bonchev–Trinajstić information content (AvgIpc) is 2.78. The third-order valence-electron chi connectivity index (χ3n) is 3.45. The van der Waals surface area contributed by atoms with Crippen LogP contribution in [-0.4, -0.2) is 32.4 Å². The number of nitrogens with zero attached hydrogens (tertiary/aromatic N) is 1. The van der Waals surface area contributed by atoms with Crippen molar-refractivity contribution in [3.8, 4) is 11.8 Å². The molecule has 0 bridgehead atoms. The van der Waals surface area contributed by atoms with Crippen LogP contribution in [0.5, 0.6) is 0 Å². The molecular formula is C15H20N2O2S. The molecule has 1 saturated heterocycles. The summed E-state index contributed by atoms with van der Waals surface area (Å²) in [6.07, 6.45) is 0.888. The third kappa shape index (κ3) is 3.21. The molecule has 0 aliphatic carbocycles. The molecule has 1 aromatic carbocycles. The Labute approximate surface area is 121 Å². The Balaban J connectivity index is 2.31. The van der Waals surface area contributed by atoms with Gasteiger partial charge in [-0.1, -0.05) is 31.8 Å². The first-order valence-corrected chi connectivity index (χ1v) is 8.08. The van der Waals surface area contributed by atoms with Crippen molar-refractivity contribution in [2.24, 2.45) is 11.1 Å². The van der Waals surface area contributed by atoms with E-state index in [2.05, 4.69) is 25.7 Å². The van der Waals surface area contributed by atoms with Crippen LogP contribution in [0, 0.1) is 17.3 Å². The van der Waals surface area contributed by atoms with Crippen molar-refractivity contribution in [2.45, 2.75) is 25.2 Å². The minimum Gasteiger partial charge on any atom is -0.320 e. The second-order valence-electron chi connectivity index (χ2n) is 5.79. The van der Waals surface area contributed by atoms with E-state index in [4.69, 9.17) is 5.73 Å².